The number of aliphatic hydroxyl groups excluding tert-OH is 1. The molecule has 19 heavy (non-hydrogen) atoms. The molecule has 2 N–H and O–H groups in total. The van der Waals surface area contributed by atoms with Gasteiger partial charge in [0.25, 0.3) is 0 Å². The van der Waals surface area contributed by atoms with E-state index in [2.05, 4.69) is 4.18 Å². The van der Waals surface area contributed by atoms with Gasteiger partial charge in [0.15, 0.2) is 6.29 Å². The molecule has 0 bridgehead atoms. The lowest BCUT2D eigenvalue weighted by atomic mass is 9.91. The van der Waals surface area contributed by atoms with E-state index in [9.17, 15) is 9.32 Å². The third-order valence-corrected chi connectivity index (χ3v) is 3.15. The minimum atomic E-state index is -2.51. The van der Waals surface area contributed by atoms with E-state index >= 15 is 0 Å². The predicted octanol–water partition coefficient (Wildman–Crippen LogP) is 2.29. The van der Waals surface area contributed by atoms with Crippen LogP contribution in [0.4, 0.5) is 0 Å². The van der Waals surface area contributed by atoms with E-state index in [1.807, 2.05) is 60.7 Å². The second-order valence-electron chi connectivity index (χ2n) is 4.00. The smallest absolute Gasteiger partial charge is 0.304 e. The molecule has 0 amide bonds. The van der Waals surface area contributed by atoms with Crippen LogP contribution in [-0.2, 0) is 15.5 Å². The van der Waals surface area contributed by atoms with E-state index in [0.717, 1.165) is 11.1 Å². The number of aliphatic hydroxyl groups is 1. The van der Waals surface area contributed by atoms with Crippen LogP contribution in [0.1, 0.15) is 17.0 Å². The van der Waals surface area contributed by atoms with Crippen molar-refractivity contribution in [2.24, 2.45) is 0 Å². The van der Waals surface area contributed by atoms with E-state index < -0.39 is 23.6 Å². The third-order valence-electron chi connectivity index (χ3n) is 2.78. The summed E-state index contributed by atoms with van der Waals surface area (Å²) in [5.41, 5.74) is 1.62. The monoisotopic (exact) mass is 278 g/mol. The van der Waals surface area contributed by atoms with Crippen LogP contribution in [0.2, 0.25) is 0 Å². The number of hydrogen-bond acceptors (Lipinski definition) is 3. The summed E-state index contributed by atoms with van der Waals surface area (Å²) in [6.07, 6.45) is -1.39. The Bertz CT molecular complexity index is 490. The molecule has 0 saturated carbocycles. The quantitative estimate of drug-likeness (QED) is 0.650. The van der Waals surface area contributed by atoms with E-state index in [1.165, 1.54) is 0 Å². The molecule has 5 heteroatoms. The van der Waals surface area contributed by atoms with Crippen LogP contribution in [0, 0.1) is 0 Å². The normalized spacial score (nSPS) is 14.3. The second-order valence-corrected chi connectivity index (χ2v) is 4.63. The lowest BCUT2D eigenvalue weighted by Crippen LogP contribution is -2.23. The summed E-state index contributed by atoms with van der Waals surface area (Å²) in [7, 11) is 0. The molecule has 0 aromatic heterocycles. The maximum absolute atomic E-state index is 10.7. The molecule has 100 valence electrons. The summed E-state index contributed by atoms with van der Waals surface area (Å²) in [4.78, 5) is 0. The van der Waals surface area contributed by atoms with Crippen molar-refractivity contribution in [2.75, 3.05) is 0 Å². The van der Waals surface area contributed by atoms with Gasteiger partial charge >= 0.3 is 11.4 Å². The van der Waals surface area contributed by atoms with Gasteiger partial charge in [-0.05, 0) is 11.1 Å². The van der Waals surface area contributed by atoms with Crippen molar-refractivity contribution in [3.63, 3.8) is 0 Å². The van der Waals surface area contributed by atoms with Crippen LogP contribution >= 0.6 is 0 Å². The molecular formula is C14H14O4S. The van der Waals surface area contributed by atoms with Gasteiger partial charge in [-0.2, -0.15) is 4.21 Å². The molecule has 0 spiro atoms. The molecule has 4 nitrogen and oxygen atoms in total. The van der Waals surface area contributed by atoms with Crippen molar-refractivity contribution < 1.29 is 18.1 Å². The molecule has 0 saturated heterocycles. The van der Waals surface area contributed by atoms with Gasteiger partial charge < -0.3 is 5.11 Å². The van der Waals surface area contributed by atoms with Crippen LogP contribution in [0.25, 0.3) is 0 Å². The van der Waals surface area contributed by atoms with Gasteiger partial charge in [0.2, 0.25) is 0 Å². The first kappa shape index (κ1) is 13.9. The van der Waals surface area contributed by atoms with Gasteiger partial charge in [-0.25, -0.2) is 4.18 Å². The summed E-state index contributed by atoms with van der Waals surface area (Å²) < 4.78 is 24.1. The van der Waals surface area contributed by atoms with Crippen molar-refractivity contribution in [1.82, 2.24) is 0 Å². The van der Waals surface area contributed by atoms with Crippen molar-refractivity contribution in [3.8, 4) is 0 Å². The summed E-state index contributed by atoms with van der Waals surface area (Å²) in [5, 5.41) is 10.0. The summed E-state index contributed by atoms with van der Waals surface area (Å²) >= 11 is -2.51. The second kappa shape index (κ2) is 6.58. The van der Waals surface area contributed by atoms with E-state index in [4.69, 9.17) is 4.55 Å². The SMILES string of the molecule is O=S(O)OC(O)C(c1ccccc1)c1ccccc1. The first-order valence-electron chi connectivity index (χ1n) is 5.74. The van der Waals surface area contributed by atoms with Gasteiger partial charge in [-0.3, -0.25) is 4.55 Å². The molecular weight excluding hydrogens is 264 g/mol. The lowest BCUT2D eigenvalue weighted by Gasteiger charge is -2.22. The Hall–Kier alpha value is -1.53. The van der Waals surface area contributed by atoms with Crippen molar-refractivity contribution in [2.45, 2.75) is 12.2 Å². The Labute approximate surface area is 114 Å². The Morgan fingerprint density at radius 1 is 0.895 bits per heavy atom. The molecule has 0 aliphatic heterocycles. The summed E-state index contributed by atoms with van der Waals surface area (Å²) in [5.74, 6) is -0.515. The fraction of sp³-hybridized carbons (Fsp3) is 0.143. The van der Waals surface area contributed by atoms with Gasteiger partial charge in [-0.15, -0.1) is 0 Å². The van der Waals surface area contributed by atoms with Gasteiger partial charge in [0.1, 0.15) is 0 Å². The highest BCUT2D eigenvalue weighted by atomic mass is 32.2. The minimum absolute atomic E-state index is 0.515. The highest BCUT2D eigenvalue weighted by Crippen LogP contribution is 2.28. The molecule has 0 heterocycles. The Kier molecular flexibility index (Phi) is 4.81. The van der Waals surface area contributed by atoms with Crippen molar-refractivity contribution in [1.29, 1.82) is 0 Å². The number of rotatable bonds is 5. The zero-order valence-corrected chi connectivity index (χ0v) is 10.9. The Morgan fingerprint density at radius 2 is 1.32 bits per heavy atom. The van der Waals surface area contributed by atoms with E-state index in [0.29, 0.717) is 0 Å². The fourth-order valence-electron chi connectivity index (χ4n) is 1.98. The molecule has 2 aromatic carbocycles. The summed E-state index contributed by atoms with van der Waals surface area (Å²) in [6, 6.07) is 18.4. The maximum atomic E-state index is 10.7. The van der Waals surface area contributed by atoms with Crippen LogP contribution in [0.5, 0.6) is 0 Å². The topological polar surface area (TPSA) is 66.8 Å². The highest BCUT2D eigenvalue weighted by Gasteiger charge is 2.25. The Balaban J connectivity index is 2.37. The zero-order chi connectivity index (χ0) is 13.7. The molecule has 0 aliphatic rings. The molecule has 2 rings (SSSR count). The van der Waals surface area contributed by atoms with Gasteiger partial charge in [0, 0.05) is 0 Å². The zero-order valence-electron chi connectivity index (χ0n) is 10.0. The highest BCUT2D eigenvalue weighted by molar-refractivity contribution is 7.74. The third kappa shape index (κ3) is 3.71. The largest absolute Gasteiger partial charge is 0.366 e. The molecule has 0 aliphatic carbocycles. The molecule has 2 unspecified atom stereocenters. The first-order valence-corrected chi connectivity index (χ1v) is 6.77. The molecule has 0 fully saturated rings. The Morgan fingerprint density at radius 3 is 1.68 bits per heavy atom. The van der Waals surface area contributed by atoms with Crippen LogP contribution in [-0.4, -0.2) is 20.2 Å². The average Bonchev–Trinajstić information content (AvgIpc) is 2.40. The number of hydrogen-bond donors (Lipinski definition) is 2. The molecule has 2 aromatic rings. The first-order chi connectivity index (χ1) is 9.18. The van der Waals surface area contributed by atoms with Crippen molar-refractivity contribution >= 4 is 11.4 Å². The molecule has 2 atom stereocenters. The van der Waals surface area contributed by atoms with E-state index in [1.54, 1.807) is 0 Å². The maximum Gasteiger partial charge on any atom is 0.304 e. The molecule has 0 radical (unpaired) electrons. The van der Waals surface area contributed by atoms with Crippen LogP contribution in [0.3, 0.4) is 0 Å². The number of benzene rings is 2. The predicted molar refractivity (Wildman–Crippen MR) is 72.6 cm³/mol. The van der Waals surface area contributed by atoms with Gasteiger partial charge in [-0.1, -0.05) is 60.7 Å². The fourth-order valence-corrected chi connectivity index (χ4v) is 2.26. The lowest BCUT2D eigenvalue weighted by molar-refractivity contribution is -0.0249. The van der Waals surface area contributed by atoms with Crippen molar-refractivity contribution in [3.05, 3.63) is 71.8 Å². The minimum Gasteiger partial charge on any atom is -0.366 e. The average molecular weight is 278 g/mol. The standard InChI is InChI=1S/C14H14O4S/c15-14(18-19(16)17)13(11-7-3-1-4-8-11)12-9-5-2-6-10-12/h1-10,13-15H,(H,16,17). The van der Waals surface area contributed by atoms with Gasteiger partial charge in [0.05, 0.1) is 5.92 Å². The van der Waals surface area contributed by atoms with Crippen LogP contribution in [0.15, 0.2) is 60.7 Å². The van der Waals surface area contributed by atoms with E-state index in [-0.39, 0.29) is 0 Å². The summed E-state index contributed by atoms with van der Waals surface area (Å²) in [6.45, 7) is 0. The van der Waals surface area contributed by atoms with Crippen LogP contribution < -0.4 is 0 Å².